The molecule has 4 nitrogen and oxygen atoms in total. The van der Waals surface area contributed by atoms with Gasteiger partial charge in [-0.25, -0.2) is 0 Å². The molecule has 0 saturated carbocycles. The SMILES string of the molecule is C=C(Cc1ccc(-c2ccnc(C)c2)cc1)Nc1ccc(C2CCN(C(=C)C)CC2)nc1. The molecule has 1 fully saturated rings. The topological polar surface area (TPSA) is 41.1 Å². The molecule has 1 aliphatic heterocycles. The third-order valence-corrected chi connectivity index (χ3v) is 6.16. The highest BCUT2D eigenvalue weighted by atomic mass is 15.1. The molecule has 32 heavy (non-hydrogen) atoms. The van der Waals surface area contributed by atoms with Gasteiger partial charge >= 0.3 is 0 Å². The summed E-state index contributed by atoms with van der Waals surface area (Å²) in [7, 11) is 0. The highest BCUT2D eigenvalue weighted by Crippen LogP contribution is 2.28. The van der Waals surface area contributed by atoms with Crippen molar-refractivity contribution in [1.82, 2.24) is 14.9 Å². The molecule has 0 atom stereocenters. The molecule has 164 valence electrons. The van der Waals surface area contributed by atoms with Crippen molar-refractivity contribution in [3.8, 4) is 11.1 Å². The van der Waals surface area contributed by atoms with Crippen molar-refractivity contribution in [2.45, 2.75) is 39.0 Å². The number of aryl methyl sites for hydroxylation is 1. The van der Waals surface area contributed by atoms with Crippen LogP contribution in [0.5, 0.6) is 0 Å². The lowest BCUT2D eigenvalue weighted by atomic mass is 9.93. The zero-order chi connectivity index (χ0) is 22.5. The van der Waals surface area contributed by atoms with Gasteiger partial charge in [-0.05, 0) is 67.6 Å². The van der Waals surface area contributed by atoms with E-state index in [4.69, 9.17) is 4.98 Å². The fourth-order valence-corrected chi connectivity index (χ4v) is 4.31. The molecule has 3 heterocycles. The Balaban J connectivity index is 1.31. The number of likely N-dealkylation sites (tertiary alicyclic amines) is 1. The normalized spacial score (nSPS) is 14.2. The summed E-state index contributed by atoms with van der Waals surface area (Å²) in [5, 5.41) is 3.41. The third-order valence-electron chi connectivity index (χ3n) is 6.16. The quantitative estimate of drug-likeness (QED) is 0.481. The van der Waals surface area contributed by atoms with E-state index >= 15 is 0 Å². The van der Waals surface area contributed by atoms with E-state index in [9.17, 15) is 0 Å². The lowest BCUT2D eigenvalue weighted by molar-refractivity contribution is 0.262. The molecule has 1 saturated heterocycles. The zero-order valence-corrected chi connectivity index (χ0v) is 19.1. The Labute approximate surface area is 191 Å². The number of rotatable bonds is 7. The van der Waals surface area contributed by atoms with Crippen molar-refractivity contribution in [1.29, 1.82) is 0 Å². The minimum Gasteiger partial charge on any atom is -0.375 e. The monoisotopic (exact) mass is 424 g/mol. The van der Waals surface area contributed by atoms with E-state index in [-0.39, 0.29) is 0 Å². The van der Waals surface area contributed by atoms with Gasteiger partial charge in [0.25, 0.3) is 0 Å². The van der Waals surface area contributed by atoms with Gasteiger partial charge in [0.2, 0.25) is 0 Å². The van der Waals surface area contributed by atoms with Crippen molar-refractivity contribution >= 4 is 5.69 Å². The van der Waals surface area contributed by atoms with E-state index in [1.165, 1.54) is 22.4 Å². The Bertz CT molecular complexity index is 1080. The maximum atomic E-state index is 4.73. The molecule has 0 spiro atoms. The van der Waals surface area contributed by atoms with Gasteiger partial charge in [-0.3, -0.25) is 9.97 Å². The summed E-state index contributed by atoms with van der Waals surface area (Å²) in [5.74, 6) is 0.533. The van der Waals surface area contributed by atoms with E-state index in [0.717, 1.165) is 55.1 Å². The molecule has 0 aliphatic carbocycles. The number of piperidine rings is 1. The van der Waals surface area contributed by atoms with Crippen molar-refractivity contribution in [3.05, 3.63) is 102 Å². The van der Waals surface area contributed by atoms with Crippen LogP contribution in [0.15, 0.2) is 85.5 Å². The van der Waals surface area contributed by atoms with Gasteiger partial charge in [0.1, 0.15) is 0 Å². The Morgan fingerprint density at radius 1 is 1.00 bits per heavy atom. The lowest BCUT2D eigenvalue weighted by Crippen LogP contribution is -2.31. The number of pyridine rings is 2. The maximum Gasteiger partial charge on any atom is 0.0568 e. The molecule has 4 rings (SSSR count). The van der Waals surface area contributed by atoms with Gasteiger partial charge in [-0.1, -0.05) is 37.4 Å². The average molecular weight is 425 g/mol. The molecule has 1 N–H and O–H groups in total. The second-order valence-corrected chi connectivity index (χ2v) is 8.76. The summed E-state index contributed by atoms with van der Waals surface area (Å²) in [6, 6.07) is 17.1. The van der Waals surface area contributed by atoms with E-state index in [1.54, 1.807) is 0 Å². The van der Waals surface area contributed by atoms with E-state index in [0.29, 0.717) is 5.92 Å². The second kappa shape index (κ2) is 9.82. The van der Waals surface area contributed by atoms with Crippen molar-refractivity contribution in [2.75, 3.05) is 18.4 Å². The second-order valence-electron chi connectivity index (χ2n) is 8.76. The maximum absolute atomic E-state index is 4.73. The molecular weight excluding hydrogens is 392 g/mol. The predicted octanol–water partition coefficient (Wildman–Crippen LogP) is 6.33. The smallest absolute Gasteiger partial charge is 0.0568 e. The van der Waals surface area contributed by atoms with Crippen LogP contribution in [-0.2, 0) is 6.42 Å². The summed E-state index contributed by atoms with van der Waals surface area (Å²) in [4.78, 5) is 11.4. The molecule has 1 aromatic carbocycles. The molecular formula is C28H32N4. The molecule has 0 bridgehead atoms. The van der Waals surface area contributed by atoms with Crippen LogP contribution in [0, 0.1) is 6.92 Å². The molecule has 0 amide bonds. The number of nitrogens with one attached hydrogen (secondary N) is 1. The first-order valence-corrected chi connectivity index (χ1v) is 11.3. The Hall–Kier alpha value is -3.40. The highest BCUT2D eigenvalue weighted by Gasteiger charge is 2.21. The van der Waals surface area contributed by atoms with Gasteiger partial charge in [0.05, 0.1) is 11.9 Å². The van der Waals surface area contributed by atoms with Crippen LogP contribution in [0.1, 0.15) is 42.6 Å². The Morgan fingerprint density at radius 3 is 2.38 bits per heavy atom. The van der Waals surface area contributed by atoms with Crippen molar-refractivity contribution in [2.24, 2.45) is 0 Å². The van der Waals surface area contributed by atoms with Crippen molar-refractivity contribution in [3.63, 3.8) is 0 Å². The first kappa shape index (κ1) is 21.8. The van der Waals surface area contributed by atoms with Gasteiger partial charge < -0.3 is 10.2 Å². The number of anilines is 1. The molecule has 4 heteroatoms. The van der Waals surface area contributed by atoms with Gasteiger partial charge in [-0.15, -0.1) is 0 Å². The first-order valence-electron chi connectivity index (χ1n) is 11.3. The van der Waals surface area contributed by atoms with Crippen LogP contribution in [0.4, 0.5) is 5.69 Å². The fraction of sp³-hybridized carbons (Fsp3) is 0.286. The highest BCUT2D eigenvalue weighted by molar-refractivity contribution is 5.63. The van der Waals surface area contributed by atoms with Crippen LogP contribution in [-0.4, -0.2) is 28.0 Å². The summed E-state index contributed by atoms with van der Waals surface area (Å²) in [6.07, 6.45) is 6.83. The zero-order valence-electron chi connectivity index (χ0n) is 19.1. The van der Waals surface area contributed by atoms with E-state index in [1.807, 2.05) is 25.4 Å². The molecule has 1 aliphatic rings. The van der Waals surface area contributed by atoms with E-state index in [2.05, 4.69) is 77.7 Å². The number of allylic oxidation sites excluding steroid dienone is 2. The van der Waals surface area contributed by atoms with Gasteiger partial charge in [-0.2, -0.15) is 0 Å². The largest absolute Gasteiger partial charge is 0.375 e. The fourth-order valence-electron chi connectivity index (χ4n) is 4.31. The number of nitrogens with zero attached hydrogens (tertiary/aromatic N) is 3. The van der Waals surface area contributed by atoms with Crippen LogP contribution in [0.25, 0.3) is 11.1 Å². The third kappa shape index (κ3) is 5.44. The number of hydrogen-bond acceptors (Lipinski definition) is 4. The van der Waals surface area contributed by atoms with Gasteiger partial charge in [0, 0.05) is 54.4 Å². The summed E-state index contributed by atoms with van der Waals surface area (Å²) in [5.41, 5.74) is 8.95. The van der Waals surface area contributed by atoms with Gasteiger partial charge in [0.15, 0.2) is 0 Å². The first-order chi connectivity index (χ1) is 15.5. The number of benzene rings is 1. The van der Waals surface area contributed by atoms with Crippen LogP contribution < -0.4 is 5.32 Å². The predicted molar refractivity (Wildman–Crippen MR) is 133 cm³/mol. The van der Waals surface area contributed by atoms with E-state index < -0.39 is 0 Å². The summed E-state index contributed by atoms with van der Waals surface area (Å²) >= 11 is 0. The summed E-state index contributed by atoms with van der Waals surface area (Å²) in [6.45, 7) is 14.5. The average Bonchev–Trinajstić information content (AvgIpc) is 2.80. The Morgan fingerprint density at radius 2 is 1.75 bits per heavy atom. The molecule has 3 aromatic rings. The molecule has 2 aromatic heterocycles. The number of aromatic nitrogens is 2. The van der Waals surface area contributed by atoms with Crippen LogP contribution in [0.2, 0.25) is 0 Å². The molecule has 0 unspecified atom stereocenters. The lowest BCUT2D eigenvalue weighted by Gasteiger charge is -2.33. The number of hydrogen-bond donors (Lipinski definition) is 1. The minimum atomic E-state index is 0.533. The van der Waals surface area contributed by atoms with Crippen LogP contribution in [0.3, 0.4) is 0 Å². The standard InChI is InChI=1S/C28H32N4/c1-20(2)32-15-12-25(13-16-32)28-10-9-27(19-30-28)31-22(4)17-23-5-7-24(8-6-23)26-11-14-29-21(3)18-26/h5-11,14,18-19,25,31H,1,4,12-13,15-17H2,2-3H3. The Kier molecular flexibility index (Phi) is 6.69. The minimum absolute atomic E-state index is 0.533. The summed E-state index contributed by atoms with van der Waals surface area (Å²) < 4.78 is 0. The van der Waals surface area contributed by atoms with Crippen LogP contribution >= 0.6 is 0 Å². The molecule has 0 radical (unpaired) electrons. The van der Waals surface area contributed by atoms with Crippen molar-refractivity contribution < 1.29 is 0 Å².